The molecule has 2 aromatic rings. The highest BCUT2D eigenvalue weighted by atomic mass is 35.5. The van der Waals surface area contributed by atoms with Crippen LogP contribution in [0.1, 0.15) is 43.0 Å². The molecule has 4 rings (SSSR count). The van der Waals surface area contributed by atoms with Crippen LogP contribution in [0.2, 0.25) is 10.0 Å². The second-order valence-electron chi connectivity index (χ2n) is 8.45. The van der Waals surface area contributed by atoms with Crippen LogP contribution in [0, 0.1) is 17.7 Å². The number of benzene rings is 2. The third-order valence-corrected chi connectivity index (χ3v) is 6.96. The second kappa shape index (κ2) is 9.77. The van der Waals surface area contributed by atoms with Crippen LogP contribution in [0.5, 0.6) is 0 Å². The van der Waals surface area contributed by atoms with Gasteiger partial charge in [-0.2, -0.15) is 0 Å². The second-order valence-corrected chi connectivity index (χ2v) is 9.29. The molecule has 0 saturated carbocycles. The van der Waals surface area contributed by atoms with Gasteiger partial charge in [-0.3, -0.25) is 9.59 Å². The largest absolute Gasteiger partial charge is 0.381 e. The topological polar surface area (TPSA) is 58.6 Å². The summed E-state index contributed by atoms with van der Waals surface area (Å²) in [5, 5.41) is 4.19. The monoisotopic (exact) mass is 478 g/mol. The zero-order valence-electron chi connectivity index (χ0n) is 17.7. The molecule has 2 aliphatic heterocycles. The number of likely N-dealkylation sites (tertiary alicyclic amines) is 1. The molecule has 4 atom stereocenters. The number of hydrogen-bond acceptors (Lipinski definition) is 3. The van der Waals surface area contributed by atoms with Crippen LogP contribution >= 0.6 is 23.2 Å². The third-order valence-electron chi connectivity index (χ3n) is 6.38. The van der Waals surface area contributed by atoms with Crippen molar-refractivity contribution >= 4 is 35.0 Å². The van der Waals surface area contributed by atoms with Crippen LogP contribution in [0.3, 0.4) is 0 Å². The molecule has 3 unspecified atom stereocenters. The van der Waals surface area contributed by atoms with Gasteiger partial charge in [0.25, 0.3) is 0 Å². The van der Waals surface area contributed by atoms with Gasteiger partial charge in [0.2, 0.25) is 11.8 Å². The molecular weight excluding hydrogens is 454 g/mol. The lowest BCUT2D eigenvalue weighted by molar-refractivity contribution is -0.130. The molecule has 0 radical (unpaired) electrons. The minimum absolute atomic E-state index is 0.0706. The Bertz CT molecular complexity index is 995. The normalized spacial score (nSPS) is 22.8. The minimum atomic E-state index is -0.479. The summed E-state index contributed by atoms with van der Waals surface area (Å²) in [6, 6.07) is 10.7. The Morgan fingerprint density at radius 2 is 1.97 bits per heavy atom. The van der Waals surface area contributed by atoms with Crippen molar-refractivity contribution in [2.75, 3.05) is 19.8 Å². The first kappa shape index (κ1) is 23.0. The minimum Gasteiger partial charge on any atom is -0.381 e. The van der Waals surface area contributed by atoms with Crippen LogP contribution in [0.25, 0.3) is 0 Å². The first-order valence-corrected chi connectivity index (χ1v) is 11.5. The first-order chi connectivity index (χ1) is 15.3. The summed E-state index contributed by atoms with van der Waals surface area (Å²) in [6.07, 6.45) is 0.930. The summed E-state index contributed by atoms with van der Waals surface area (Å²) in [6.45, 7) is 3.33. The van der Waals surface area contributed by atoms with Crippen molar-refractivity contribution in [3.8, 4) is 0 Å². The Balaban J connectivity index is 1.49. The highest BCUT2D eigenvalue weighted by Gasteiger charge is 2.39. The Kier molecular flexibility index (Phi) is 7.03. The average Bonchev–Trinajstić information content (AvgIpc) is 3.44. The summed E-state index contributed by atoms with van der Waals surface area (Å²) in [5.74, 6) is -1.02. The Hall–Kier alpha value is -2.15. The lowest BCUT2D eigenvalue weighted by atomic mass is 9.91. The molecule has 2 aromatic carbocycles. The van der Waals surface area contributed by atoms with Crippen molar-refractivity contribution in [2.24, 2.45) is 11.8 Å². The van der Waals surface area contributed by atoms with Gasteiger partial charge in [-0.25, -0.2) is 4.39 Å². The highest BCUT2D eigenvalue weighted by Crippen LogP contribution is 2.36. The molecule has 2 amide bonds. The van der Waals surface area contributed by atoms with E-state index in [1.807, 2.05) is 6.92 Å². The fraction of sp³-hybridized carbons (Fsp3) is 0.417. The number of carbonyl (C=O) groups excluding carboxylic acids is 2. The van der Waals surface area contributed by atoms with Crippen molar-refractivity contribution < 1.29 is 18.7 Å². The molecule has 2 saturated heterocycles. The average molecular weight is 479 g/mol. The highest BCUT2D eigenvalue weighted by molar-refractivity contribution is 6.33. The van der Waals surface area contributed by atoms with Gasteiger partial charge in [0, 0.05) is 35.5 Å². The van der Waals surface area contributed by atoms with Crippen LogP contribution < -0.4 is 5.32 Å². The zero-order chi connectivity index (χ0) is 22.8. The van der Waals surface area contributed by atoms with Crippen molar-refractivity contribution in [3.63, 3.8) is 0 Å². The SMILES string of the molecule is C[C@@H](c1ccc(F)cc1)N1CC(C(=O)NC(c2cc(Cl)ccc2Cl)C2CCOC2)CC1=O. The maximum Gasteiger partial charge on any atom is 0.225 e. The maximum absolute atomic E-state index is 13.3. The van der Waals surface area contributed by atoms with Crippen LogP contribution in [-0.2, 0) is 14.3 Å². The van der Waals surface area contributed by atoms with Gasteiger partial charge in [0.1, 0.15) is 5.82 Å². The van der Waals surface area contributed by atoms with E-state index < -0.39 is 5.92 Å². The van der Waals surface area contributed by atoms with E-state index in [4.69, 9.17) is 27.9 Å². The number of halogens is 3. The fourth-order valence-corrected chi connectivity index (χ4v) is 4.91. The summed E-state index contributed by atoms with van der Waals surface area (Å²) in [5.41, 5.74) is 1.58. The molecule has 2 aliphatic rings. The number of carbonyl (C=O) groups is 2. The van der Waals surface area contributed by atoms with Gasteiger partial charge >= 0.3 is 0 Å². The molecule has 2 heterocycles. The van der Waals surface area contributed by atoms with Crippen molar-refractivity contribution in [1.82, 2.24) is 10.2 Å². The third kappa shape index (κ3) is 4.92. The molecule has 0 spiro atoms. The number of rotatable bonds is 6. The summed E-state index contributed by atoms with van der Waals surface area (Å²) in [7, 11) is 0. The smallest absolute Gasteiger partial charge is 0.225 e. The Morgan fingerprint density at radius 3 is 2.66 bits per heavy atom. The van der Waals surface area contributed by atoms with E-state index in [1.54, 1.807) is 35.2 Å². The number of nitrogens with zero attached hydrogens (tertiary/aromatic N) is 1. The van der Waals surface area contributed by atoms with Gasteiger partial charge in [0.15, 0.2) is 0 Å². The summed E-state index contributed by atoms with van der Waals surface area (Å²) >= 11 is 12.6. The van der Waals surface area contributed by atoms with Gasteiger partial charge in [-0.1, -0.05) is 35.3 Å². The standard InChI is InChI=1S/C24H25Cl2FN2O3/c1-14(15-2-5-19(27)6-3-15)29-12-17(10-22(29)30)24(31)28-23(16-8-9-32-13-16)20-11-18(25)4-7-21(20)26/h2-7,11,14,16-17,23H,8-10,12-13H2,1H3,(H,28,31)/t14-,16?,17?,23?/m0/s1. The van der Waals surface area contributed by atoms with Crippen LogP contribution in [-0.4, -0.2) is 36.5 Å². The van der Waals surface area contributed by atoms with Crippen molar-refractivity contribution in [2.45, 2.75) is 31.8 Å². The van der Waals surface area contributed by atoms with Gasteiger partial charge in [-0.05, 0) is 54.8 Å². The van der Waals surface area contributed by atoms with E-state index in [-0.39, 0.29) is 42.1 Å². The molecular formula is C24H25Cl2FN2O3. The summed E-state index contributed by atoms with van der Waals surface area (Å²) < 4.78 is 18.8. The molecule has 2 fully saturated rings. The lowest BCUT2D eigenvalue weighted by Crippen LogP contribution is -2.39. The van der Waals surface area contributed by atoms with E-state index in [9.17, 15) is 14.0 Å². The zero-order valence-corrected chi connectivity index (χ0v) is 19.2. The molecule has 5 nitrogen and oxygen atoms in total. The molecule has 0 bridgehead atoms. The van der Waals surface area contributed by atoms with Gasteiger partial charge in [-0.15, -0.1) is 0 Å². The Labute approximate surface area is 196 Å². The molecule has 170 valence electrons. The predicted octanol–water partition coefficient (Wildman–Crippen LogP) is 4.94. The van der Waals surface area contributed by atoms with Crippen molar-refractivity contribution in [1.29, 1.82) is 0 Å². The fourth-order valence-electron chi connectivity index (χ4n) is 4.49. The quantitative estimate of drug-likeness (QED) is 0.639. The number of amides is 2. The summed E-state index contributed by atoms with van der Waals surface area (Å²) in [4.78, 5) is 27.6. The molecule has 32 heavy (non-hydrogen) atoms. The molecule has 0 aliphatic carbocycles. The first-order valence-electron chi connectivity index (χ1n) is 10.7. The molecule has 1 N–H and O–H groups in total. The van der Waals surface area contributed by atoms with Gasteiger partial charge < -0.3 is 15.0 Å². The number of nitrogens with one attached hydrogen (secondary N) is 1. The molecule has 0 aromatic heterocycles. The molecule has 8 heteroatoms. The number of hydrogen-bond donors (Lipinski definition) is 1. The lowest BCUT2D eigenvalue weighted by Gasteiger charge is -2.28. The van der Waals surface area contributed by atoms with Gasteiger partial charge in [0.05, 0.1) is 24.6 Å². The predicted molar refractivity (Wildman–Crippen MR) is 121 cm³/mol. The van der Waals surface area contributed by atoms with E-state index in [0.717, 1.165) is 17.5 Å². The maximum atomic E-state index is 13.3. The van der Waals surface area contributed by atoms with E-state index >= 15 is 0 Å². The number of ether oxygens (including phenoxy) is 1. The van der Waals surface area contributed by atoms with Crippen molar-refractivity contribution in [3.05, 3.63) is 69.5 Å². The van der Waals surface area contributed by atoms with Crippen LogP contribution in [0.15, 0.2) is 42.5 Å². The van der Waals surface area contributed by atoms with E-state index in [1.165, 1.54) is 12.1 Å². The Morgan fingerprint density at radius 1 is 1.22 bits per heavy atom. The van der Waals surface area contributed by atoms with E-state index in [0.29, 0.717) is 29.8 Å². The van der Waals surface area contributed by atoms with E-state index in [2.05, 4.69) is 5.32 Å². The van der Waals surface area contributed by atoms with Crippen LogP contribution in [0.4, 0.5) is 4.39 Å².